The van der Waals surface area contributed by atoms with Crippen molar-refractivity contribution in [3.63, 3.8) is 0 Å². The second-order valence-electron chi connectivity index (χ2n) is 3.22. The molecule has 1 nitrogen and oxygen atoms in total. The normalized spacial score (nSPS) is 18.8. The van der Waals surface area contributed by atoms with Crippen LogP contribution in [0.4, 0.5) is 0 Å². The molecule has 0 bridgehead atoms. The lowest BCUT2D eigenvalue weighted by Crippen LogP contribution is -1.96. The molecule has 1 heterocycles. The number of rotatable bonds is 2. The largest absolute Gasteiger partial charge is 0.383 e. The minimum Gasteiger partial charge on any atom is -0.383 e. The minimum atomic E-state index is -0.417. The maximum atomic E-state index is 9.92. The molecule has 0 aliphatic heterocycles. The van der Waals surface area contributed by atoms with Gasteiger partial charge in [0.05, 0.1) is 4.34 Å². The standard InChI is InChI=1S/C10H11ClOS/c11-9-6-5-8(13-9)10(12)7-3-1-2-4-7/h3,5-6,10,12H,1-2,4H2. The van der Waals surface area contributed by atoms with E-state index >= 15 is 0 Å². The Morgan fingerprint density at radius 1 is 1.46 bits per heavy atom. The van der Waals surface area contributed by atoms with E-state index in [9.17, 15) is 5.11 Å². The van der Waals surface area contributed by atoms with Crippen LogP contribution in [0.3, 0.4) is 0 Å². The van der Waals surface area contributed by atoms with E-state index in [2.05, 4.69) is 6.08 Å². The summed E-state index contributed by atoms with van der Waals surface area (Å²) >= 11 is 7.26. The van der Waals surface area contributed by atoms with Gasteiger partial charge < -0.3 is 5.11 Å². The summed E-state index contributed by atoms with van der Waals surface area (Å²) in [5.74, 6) is 0. The Morgan fingerprint density at radius 3 is 2.85 bits per heavy atom. The number of allylic oxidation sites excluding steroid dienone is 1. The smallest absolute Gasteiger partial charge is 0.109 e. The van der Waals surface area contributed by atoms with Crippen LogP contribution in [0.15, 0.2) is 23.8 Å². The first-order valence-corrected chi connectivity index (χ1v) is 5.59. The third kappa shape index (κ3) is 1.96. The quantitative estimate of drug-likeness (QED) is 0.747. The SMILES string of the molecule is OC(C1=CCCC1)c1ccc(Cl)s1. The molecule has 0 fully saturated rings. The van der Waals surface area contributed by atoms with E-state index in [1.54, 1.807) is 0 Å². The van der Waals surface area contributed by atoms with Crippen molar-refractivity contribution in [3.05, 3.63) is 33.0 Å². The van der Waals surface area contributed by atoms with E-state index in [0.717, 1.165) is 27.6 Å². The van der Waals surface area contributed by atoms with E-state index in [1.807, 2.05) is 12.1 Å². The van der Waals surface area contributed by atoms with Gasteiger partial charge in [-0.2, -0.15) is 0 Å². The van der Waals surface area contributed by atoms with Gasteiger partial charge in [-0.3, -0.25) is 0 Å². The van der Waals surface area contributed by atoms with Crippen molar-refractivity contribution in [2.75, 3.05) is 0 Å². The summed E-state index contributed by atoms with van der Waals surface area (Å²) < 4.78 is 0.743. The molecular weight excluding hydrogens is 204 g/mol. The molecule has 0 saturated carbocycles. The van der Waals surface area contributed by atoms with Crippen molar-refractivity contribution in [2.45, 2.75) is 25.4 Å². The lowest BCUT2D eigenvalue weighted by Gasteiger charge is -2.08. The Hall–Kier alpha value is -0.310. The minimum absolute atomic E-state index is 0.417. The molecule has 1 unspecified atom stereocenters. The summed E-state index contributed by atoms with van der Waals surface area (Å²) in [4.78, 5) is 0.957. The van der Waals surface area contributed by atoms with E-state index in [4.69, 9.17) is 11.6 Å². The Kier molecular flexibility index (Phi) is 2.72. The molecule has 1 aromatic rings. The first-order valence-electron chi connectivity index (χ1n) is 4.39. The Labute approximate surface area is 86.7 Å². The third-order valence-corrected chi connectivity index (χ3v) is 3.57. The maximum absolute atomic E-state index is 9.92. The monoisotopic (exact) mass is 214 g/mol. The van der Waals surface area contributed by atoms with Crippen LogP contribution >= 0.6 is 22.9 Å². The van der Waals surface area contributed by atoms with Crippen molar-refractivity contribution in [2.24, 2.45) is 0 Å². The first kappa shape index (κ1) is 9.25. The zero-order chi connectivity index (χ0) is 9.26. The van der Waals surface area contributed by atoms with Gasteiger partial charge in [0.15, 0.2) is 0 Å². The fraction of sp³-hybridized carbons (Fsp3) is 0.400. The molecule has 13 heavy (non-hydrogen) atoms. The molecule has 0 aromatic carbocycles. The van der Waals surface area contributed by atoms with Crippen LogP contribution in [0.2, 0.25) is 4.34 Å². The summed E-state index contributed by atoms with van der Waals surface area (Å²) in [7, 11) is 0. The summed E-state index contributed by atoms with van der Waals surface area (Å²) in [6.45, 7) is 0. The molecule has 1 aliphatic carbocycles. The topological polar surface area (TPSA) is 20.2 Å². The molecule has 2 rings (SSSR count). The summed E-state index contributed by atoms with van der Waals surface area (Å²) in [6, 6.07) is 3.73. The number of hydrogen-bond donors (Lipinski definition) is 1. The zero-order valence-corrected chi connectivity index (χ0v) is 8.74. The van der Waals surface area contributed by atoms with E-state index in [-0.39, 0.29) is 0 Å². The van der Waals surface area contributed by atoms with Crippen LogP contribution in [0.25, 0.3) is 0 Å². The molecular formula is C10H11ClOS. The van der Waals surface area contributed by atoms with Crippen molar-refractivity contribution in [1.29, 1.82) is 0 Å². The molecule has 1 aliphatic rings. The molecule has 1 N–H and O–H groups in total. The van der Waals surface area contributed by atoms with Crippen molar-refractivity contribution >= 4 is 22.9 Å². The van der Waals surface area contributed by atoms with Crippen molar-refractivity contribution in [3.8, 4) is 0 Å². The lowest BCUT2D eigenvalue weighted by atomic mass is 10.1. The van der Waals surface area contributed by atoms with Crippen molar-refractivity contribution in [1.82, 2.24) is 0 Å². The maximum Gasteiger partial charge on any atom is 0.109 e. The van der Waals surface area contributed by atoms with E-state index in [1.165, 1.54) is 17.8 Å². The highest BCUT2D eigenvalue weighted by atomic mass is 35.5. The van der Waals surface area contributed by atoms with E-state index < -0.39 is 6.10 Å². The van der Waals surface area contributed by atoms with Gasteiger partial charge in [0.1, 0.15) is 6.10 Å². The van der Waals surface area contributed by atoms with Gasteiger partial charge in [-0.15, -0.1) is 11.3 Å². The predicted octanol–water partition coefficient (Wildman–Crippen LogP) is 3.55. The number of aliphatic hydroxyl groups excluding tert-OH is 1. The molecule has 1 atom stereocenters. The first-order chi connectivity index (χ1) is 6.27. The predicted molar refractivity (Wildman–Crippen MR) is 56.2 cm³/mol. The number of aliphatic hydroxyl groups is 1. The summed E-state index contributed by atoms with van der Waals surface area (Å²) in [6.07, 6.45) is 5.02. The number of halogens is 1. The second-order valence-corrected chi connectivity index (χ2v) is 4.96. The van der Waals surface area contributed by atoms with Gasteiger partial charge in [0.25, 0.3) is 0 Å². The van der Waals surface area contributed by atoms with Gasteiger partial charge >= 0.3 is 0 Å². The summed E-state index contributed by atoms with van der Waals surface area (Å²) in [5, 5.41) is 9.92. The highest BCUT2D eigenvalue weighted by molar-refractivity contribution is 7.16. The average molecular weight is 215 g/mol. The van der Waals surface area contributed by atoms with Crippen LogP contribution in [0.1, 0.15) is 30.2 Å². The lowest BCUT2D eigenvalue weighted by molar-refractivity contribution is 0.216. The van der Waals surface area contributed by atoms with Gasteiger partial charge in [0.2, 0.25) is 0 Å². The molecule has 70 valence electrons. The van der Waals surface area contributed by atoms with Gasteiger partial charge in [-0.1, -0.05) is 17.7 Å². The fourth-order valence-corrected chi connectivity index (χ4v) is 2.69. The Balaban J connectivity index is 2.16. The number of hydrogen-bond acceptors (Lipinski definition) is 2. The highest BCUT2D eigenvalue weighted by Crippen LogP contribution is 2.35. The second kappa shape index (κ2) is 3.82. The van der Waals surface area contributed by atoms with Crippen LogP contribution in [-0.4, -0.2) is 5.11 Å². The molecule has 0 amide bonds. The van der Waals surface area contributed by atoms with Crippen LogP contribution in [-0.2, 0) is 0 Å². The molecule has 3 heteroatoms. The van der Waals surface area contributed by atoms with Crippen LogP contribution in [0.5, 0.6) is 0 Å². The summed E-state index contributed by atoms with van der Waals surface area (Å²) in [5.41, 5.74) is 1.15. The fourth-order valence-electron chi connectivity index (χ4n) is 1.60. The average Bonchev–Trinajstić information content (AvgIpc) is 2.72. The Morgan fingerprint density at radius 2 is 2.31 bits per heavy atom. The zero-order valence-electron chi connectivity index (χ0n) is 7.16. The molecule has 0 spiro atoms. The van der Waals surface area contributed by atoms with Gasteiger partial charge in [0, 0.05) is 4.88 Å². The van der Waals surface area contributed by atoms with E-state index in [0.29, 0.717) is 0 Å². The molecule has 0 radical (unpaired) electrons. The van der Waals surface area contributed by atoms with Gasteiger partial charge in [-0.25, -0.2) is 0 Å². The number of thiophene rings is 1. The molecule has 1 aromatic heterocycles. The van der Waals surface area contributed by atoms with Crippen molar-refractivity contribution < 1.29 is 5.11 Å². The van der Waals surface area contributed by atoms with Gasteiger partial charge in [-0.05, 0) is 37.0 Å². The third-order valence-electron chi connectivity index (χ3n) is 2.29. The highest BCUT2D eigenvalue weighted by Gasteiger charge is 2.17. The van der Waals surface area contributed by atoms with Crippen LogP contribution in [0, 0.1) is 0 Å². The Bertz CT molecular complexity index is 329. The van der Waals surface area contributed by atoms with Crippen LogP contribution < -0.4 is 0 Å². The molecule has 0 saturated heterocycles.